The molecule has 0 amide bonds. The number of piperazine rings is 1. The molecule has 0 radical (unpaired) electrons. The standard InChI is InChI=1S/C27H37N3O3/c1-19(2)33-25-10-6-5-9-24(25)29-17-15-28(16-18-29)20-11-13-21(14-12-20)30-26(31)22-7-3-4-8-23(22)27(30)32/h3-6,9-10,19-21,31-32H,7-8,11-18H2,1-2H3. The highest BCUT2D eigenvalue weighted by Crippen LogP contribution is 2.43. The lowest BCUT2D eigenvalue weighted by Gasteiger charge is -2.43. The Morgan fingerprint density at radius 3 is 2.00 bits per heavy atom. The van der Waals surface area contributed by atoms with E-state index in [9.17, 15) is 10.2 Å². The first-order chi connectivity index (χ1) is 16.0. The summed E-state index contributed by atoms with van der Waals surface area (Å²) in [5.74, 6) is 1.54. The molecule has 2 aliphatic carbocycles. The van der Waals surface area contributed by atoms with E-state index in [1.54, 1.807) is 0 Å². The van der Waals surface area contributed by atoms with Crippen LogP contribution in [0.3, 0.4) is 0 Å². The fourth-order valence-corrected chi connectivity index (χ4v) is 5.92. The van der Waals surface area contributed by atoms with Crippen LogP contribution in [0.5, 0.6) is 17.5 Å². The highest BCUT2D eigenvalue weighted by molar-refractivity contribution is 5.58. The lowest BCUT2D eigenvalue weighted by Crippen LogP contribution is -2.51. The van der Waals surface area contributed by atoms with Gasteiger partial charge in [0.1, 0.15) is 5.75 Å². The van der Waals surface area contributed by atoms with Crippen LogP contribution in [0.15, 0.2) is 36.4 Å². The summed E-state index contributed by atoms with van der Waals surface area (Å²) < 4.78 is 7.86. The molecular formula is C27H37N3O3. The molecule has 3 aliphatic rings. The molecule has 1 saturated carbocycles. The molecule has 33 heavy (non-hydrogen) atoms. The van der Waals surface area contributed by atoms with Gasteiger partial charge >= 0.3 is 0 Å². The summed E-state index contributed by atoms with van der Waals surface area (Å²) >= 11 is 0. The maximum atomic E-state index is 10.8. The second kappa shape index (κ2) is 9.34. The van der Waals surface area contributed by atoms with Gasteiger partial charge in [-0.25, -0.2) is 0 Å². The van der Waals surface area contributed by atoms with Gasteiger partial charge in [-0.15, -0.1) is 0 Å². The largest absolute Gasteiger partial charge is 0.494 e. The molecule has 1 aliphatic heterocycles. The maximum absolute atomic E-state index is 10.8. The number of rotatable bonds is 5. The highest BCUT2D eigenvalue weighted by atomic mass is 16.5. The van der Waals surface area contributed by atoms with E-state index in [2.05, 4.69) is 54.0 Å². The fourth-order valence-electron chi connectivity index (χ4n) is 5.92. The first-order valence-corrected chi connectivity index (χ1v) is 12.6. The predicted octanol–water partition coefficient (Wildman–Crippen LogP) is 4.65. The summed E-state index contributed by atoms with van der Waals surface area (Å²) in [6.07, 6.45) is 9.97. The van der Waals surface area contributed by atoms with E-state index >= 15 is 0 Å². The topological polar surface area (TPSA) is 61.1 Å². The molecule has 5 rings (SSSR count). The number of hydrogen-bond donors (Lipinski definition) is 2. The summed E-state index contributed by atoms with van der Waals surface area (Å²) in [7, 11) is 0. The summed E-state index contributed by atoms with van der Waals surface area (Å²) in [6.45, 7) is 8.29. The van der Waals surface area contributed by atoms with Gasteiger partial charge in [0.25, 0.3) is 0 Å². The molecule has 1 aromatic heterocycles. The quantitative estimate of drug-likeness (QED) is 0.648. The molecule has 2 heterocycles. The van der Waals surface area contributed by atoms with E-state index in [0.717, 1.165) is 68.7 Å². The number of ether oxygens (including phenoxy) is 1. The normalized spacial score (nSPS) is 23.7. The number of allylic oxidation sites excluding steroid dienone is 2. The minimum atomic E-state index is 0.170. The highest BCUT2D eigenvalue weighted by Gasteiger charge is 2.33. The first kappa shape index (κ1) is 22.2. The number of hydrogen-bond acceptors (Lipinski definition) is 5. The number of benzene rings is 1. The Bertz CT molecular complexity index is 965. The smallest absolute Gasteiger partial charge is 0.198 e. The van der Waals surface area contributed by atoms with Crippen molar-refractivity contribution < 1.29 is 14.9 Å². The zero-order valence-corrected chi connectivity index (χ0v) is 19.9. The van der Waals surface area contributed by atoms with Crippen molar-refractivity contribution >= 4 is 5.69 Å². The molecule has 178 valence electrons. The Labute approximate surface area is 197 Å². The zero-order valence-electron chi connectivity index (χ0n) is 19.9. The van der Waals surface area contributed by atoms with Crippen LogP contribution in [-0.2, 0) is 12.8 Å². The minimum Gasteiger partial charge on any atom is -0.494 e. The van der Waals surface area contributed by atoms with Crippen LogP contribution in [-0.4, -0.2) is 58.0 Å². The van der Waals surface area contributed by atoms with E-state index in [0.29, 0.717) is 18.9 Å². The Balaban J connectivity index is 1.18. The van der Waals surface area contributed by atoms with Crippen molar-refractivity contribution in [2.75, 3.05) is 31.1 Å². The van der Waals surface area contributed by atoms with Crippen molar-refractivity contribution in [3.63, 3.8) is 0 Å². The van der Waals surface area contributed by atoms with Gasteiger partial charge in [0.15, 0.2) is 11.8 Å². The van der Waals surface area contributed by atoms with Gasteiger partial charge in [-0.2, -0.15) is 0 Å². The number of para-hydroxylation sites is 2. The van der Waals surface area contributed by atoms with Crippen LogP contribution in [0.25, 0.3) is 0 Å². The third kappa shape index (κ3) is 4.33. The molecule has 0 unspecified atom stereocenters. The minimum absolute atomic E-state index is 0.170. The lowest BCUT2D eigenvalue weighted by molar-refractivity contribution is 0.126. The maximum Gasteiger partial charge on any atom is 0.198 e. The Hall–Kier alpha value is -2.60. The van der Waals surface area contributed by atoms with Crippen molar-refractivity contribution in [3.05, 3.63) is 47.5 Å². The molecule has 1 saturated heterocycles. The van der Waals surface area contributed by atoms with E-state index in [1.807, 2.05) is 10.6 Å². The molecule has 6 nitrogen and oxygen atoms in total. The fraction of sp³-hybridized carbons (Fsp3) is 0.556. The number of fused-ring (bicyclic) bond motifs is 1. The summed E-state index contributed by atoms with van der Waals surface area (Å²) in [4.78, 5) is 5.09. The van der Waals surface area contributed by atoms with Crippen molar-refractivity contribution in [2.24, 2.45) is 0 Å². The van der Waals surface area contributed by atoms with E-state index in [1.165, 1.54) is 5.69 Å². The molecule has 0 spiro atoms. The molecule has 2 aromatic rings. The molecule has 1 aromatic carbocycles. The number of nitrogens with zero attached hydrogens (tertiary/aromatic N) is 3. The van der Waals surface area contributed by atoms with Gasteiger partial charge in [-0.3, -0.25) is 9.47 Å². The molecular weight excluding hydrogens is 414 g/mol. The van der Waals surface area contributed by atoms with Crippen molar-refractivity contribution in [2.45, 2.75) is 70.6 Å². The van der Waals surface area contributed by atoms with E-state index < -0.39 is 0 Å². The molecule has 2 N–H and O–H groups in total. The third-order valence-electron chi connectivity index (χ3n) is 7.60. The molecule has 0 bridgehead atoms. The van der Waals surface area contributed by atoms with Crippen LogP contribution in [0.1, 0.15) is 56.7 Å². The summed E-state index contributed by atoms with van der Waals surface area (Å²) in [5.41, 5.74) is 3.02. The average molecular weight is 452 g/mol. The summed E-state index contributed by atoms with van der Waals surface area (Å²) in [6, 6.07) is 9.15. The predicted molar refractivity (Wildman–Crippen MR) is 132 cm³/mol. The monoisotopic (exact) mass is 451 g/mol. The lowest BCUT2D eigenvalue weighted by atomic mass is 9.89. The van der Waals surface area contributed by atoms with Gasteiger partial charge in [-0.05, 0) is 64.5 Å². The SMILES string of the molecule is CC(C)Oc1ccccc1N1CCN(C2CCC(n3c(O)c4c(c3O)CC=CC4)CC2)CC1. The van der Waals surface area contributed by atoms with Crippen molar-refractivity contribution in [1.29, 1.82) is 0 Å². The number of aromatic hydroxyl groups is 2. The van der Waals surface area contributed by atoms with Crippen LogP contribution in [0.2, 0.25) is 0 Å². The van der Waals surface area contributed by atoms with Gasteiger partial charge in [0.2, 0.25) is 0 Å². The third-order valence-corrected chi connectivity index (χ3v) is 7.60. The van der Waals surface area contributed by atoms with Gasteiger partial charge < -0.3 is 19.8 Å². The molecule has 0 atom stereocenters. The van der Waals surface area contributed by atoms with E-state index in [4.69, 9.17) is 4.74 Å². The van der Waals surface area contributed by atoms with Crippen LogP contribution in [0.4, 0.5) is 5.69 Å². The Morgan fingerprint density at radius 2 is 1.39 bits per heavy atom. The second-order valence-electron chi connectivity index (χ2n) is 9.97. The van der Waals surface area contributed by atoms with Crippen LogP contribution in [0, 0.1) is 0 Å². The molecule has 6 heteroatoms. The average Bonchev–Trinajstić information content (AvgIpc) is 3.09. The zero-order chi connectivity index (χ0) is 22.9. The first-order valence-electron chi connectivity index (χ1n) is 12.6. The number of anilines is 1. The van der Waals surface area contributed by atoms with Gasteiger partial charge in [0.05, 0.1) is 11.8 Å². The van der Waals surface area contributed by atoms with Gasteiger partial charge in [-0.1, -0.05) is 24.3 Å². The van der Waals surface area contributed by atoms with Crippen molar-refractivity contribution in [3.8, 4) is 17.5 Å². The van der Waals surface area contributed by atoms with Crippen LogP contribution < -0.4 is 9.64 Å². The number of aromatic nitrogens is 1. The second-order valence-corrected chi connectivity index (χ2v) is 9.97. The van der Waals surface area contributed by atoms with Crippen molar-refractivity contribution in [1.82, 2.24) is 9.47 Å². The van der Waals surface area contributed by atoms with Gasteiger partial charge in [0, 0.05) is 49.4 Å². The summed E-state index contributed by atoms with van der Waals surface area (Å²) in [5, 5.41) is 21.6. The molecule has 2 fully saturated rings. The Morgan fingerprint density at radius 1 is 0.818 bits per heavy atom. The van der Waals surface area contributed by atoms with Crippen LogP contribution >= 0.6 is 0 Å². The Kier molecular flexibility index (Phi) is 6.28. The van der Waals surface area contributed by atoms with E-state index in [-0.39, 0.29) is 23.9 Å².